The van der Waals surface area contributed by atoms with E-state index in [0.29, 0.717) is 23.6 Å². The minimum atomic E-state index is -1.27. The van der Waals surface area contributed by atoms with Crippen molar-refractivity contribution >= 4 is 5.97 Å². The zero-order valence-corrected chi connectivity index (χ0v) is 10.2. The third kappa shape index (κ3) is 2.98. The van der Waals surface area contributed by atoms with Crippen molar-refractivity contribution in [2.24, 2.45) is 0 Å². The predicted octanol–water partition coefficient (Wildman–Crippen LogP) is 1.53. The van der Waals surface area contributed by atoms with Gasteiger partial charge in [0.25, 0.3) is 5.56 Å². The van der Waals surface area contributed by atoms with E-state index in [4.69, 9.17) is 9.84 Å². The molecule has 0 saturated carbocycles. The van der Waals surface area contributed by atoms with E-state index in [1.54, 1.807) is 24.3 Å². The molecule has 0 bridgehead atoms. The van der Waals surface area contributed by atoms with E-state index >= 15 is 0 Å². The van der Waals surface area contributed by atoms with Crippen LogP contribution in [-0.2, 0) is 0 Å². The highest BCUT2D eigenvalue weighted by molar-refractivity contribution is 5.83. The normalized spacial score (nSPS) is 10.2. The van der Waals surface area contributed by atoms with Gasteiger partial charge in [-0.05, 0) is 31.2 Å². The van der Waals surface area contributed by atoms with Crippen LogP contribution in [0.15, 0.2) is 35.1 Å². The molecular formula is C13H12N2O4. The van der Waals surface area contributed by atoms with E-state index in [2.05, 4.69) is 9.97 Å². The number of aromatic carboxylic acids is 1. The summed E-state index contributed by atoms with van der Waals surface area (Å²) in [6, 6.07) is 8.17. The quantitative estimate of drug-likeness (QED) is 0.869. The predicted molar refractivity (Wildman–Crippen MR) is 68.4 cm³/mol. The fourth-order valence-corrected chi connectivity index (χ4v) is 1.60. The van der Waals surface area contributed by atoms with Gasteiger partial charge in [0, 0.05) is 11.6 Å². The second kappa shape index (κ2) is 5.34. The zero-order valence-electron chi connectivity index (χ0n) is 10.2. The van der Waals surface area contributed by atoms with E-state index in [1.165, 1.54) is 6.07 Å². The minimum absolute atomic E-state index is 0.309. The molecule has 98 valence electrons. The van der Waals surface area contributed by atoms with Crippen LogP contribution in [0.4, 0.5) is 0 Å². The average Bonchev–Trinajstić information content (AvgIpc) is 2.39. The Morgan fingerprint density at radius 2 is 2.05 bits per heavy atom. The van der Waals surface area contributed by atoms with Crippen LogP contribution < -0.4 is 10.3 Å². The first kappa shape index (κ1) is 12.8. The first-order valence-electron chi connectivity index (χ1n) is 5.68. The Balaban J connectivity index is 2.41. The Kier molecular flexibility index (Phi) is 3.61. The van der Waals surface area contributed by atoms with Gasteiger partial charge in [0.1, 0.15) is 5.75 Å². The minimum Gasteiger partial charge on any atom is -0.494 e. The van der Waals surface area contributed by atoms with Gasteiger partial charge >= 0.3 is 5.97 Å². The van der Waals surface area contributed by atoms with Crippen molar-refractivity contribution in [1.29, 1.82) is 0 Å². The molecule has 2 aromatic rings. The molecule has 0 spiro atoms. The van der Waals surface area contributed by atoms with Gasteiger partial charge in [-0.15, -0.1) is 0 Å². The van der Waals surface area contributed by atoms with Crippen molar-refractivity contribution in [2.45, 2.75) is 6.92 Å². The summed E-state index contributed by atoms with van der Waals surface area (Å²) in [7, 11) is 0. The molecule has 0 amide bonds. The highest BCUT2D eigenvalue weighted by Crippen LogP contribution is 2.19. The molecule has 0 unspecified atom stereocenters. The maximum Gasteiger partial charge on any atom is 0.372 e. The number of carbonyl (C=O) groups is 1. The van der Waals surface area contributed by atoms with Crippen molar-refractivity contribution in [3.8, 4) is 17.0 Å². The van der Waals surface area contributed by atoms with E-state index in [9.17, 15) is 9.59 Å². The summed E-state index contributed by atoms with van der Waals surface area (Å²) in [4.78, 5) is 28.2. The van der Waals surface area contributed by atoms with Gasteiger partial charge in [0.15, 0.2) is 0 Å². The van der Waals surface area contributed by atoms with E-state index < -0.39 is 11.5 Å². The van der Waals surface area contributed by atoms with Crippen molar-refractivity contribution in [1.82, 2.24) is 9.97 Å². The molecule has 0 saturated heterocycles. The SMILES string of the molecule is CCOc1ccc(-c2cc(=O)[nH]c(C(=O)O)n2)cc1. The monoisotopic (exact) mass is 260 g/mol. The maximum absolute atomic E-state index is 11.4. The van der Waals surface area contributed by atoms with Crippen molar-refractivity contribution in [2.75, 3.05) is 6.61 Å². The van der Waals surface area contributed by atoms with Crippen LogP contribution in [0.25, 0.3) is 11.3 Å². The fourth-order valence-electron chi connectivity index (χ4n) is 1.60. The summed E-state index contributed by atoms with van der Waals surface area (Å²) in [5.41, 5.74) is 0.456. The summed E-state index contributed by atoms with van der Waals surface area (Å²) in [6.07, 6.45) is 0. The summed E-state index contributed by atoms with van der Waals surface area (Å²) in [6.45, 7) is 2.44. The van der Waals surface area contributed by atoms with Crippen LogP contribution in [0, 0.1) is 0 Å². The molecule has 6 nitrogen and oxygen atoms in total. The number of ether oxygens (including phenoxy) is 1. The first-order valence-corrected chi connectivity index (χ1v) is 5.68. The molecule has 0 aliphatic carbocycles. The number of carboxylic acid groups (broad SMARTS) is 1. The number of aromatic amines is 1. The summed E-state index contributed by atoms with van der Waals surface area (Å²) < 4.78 is 5.30. The van der Waals surface area contributed by atoms with Gasteiger partial charge in [-0.3, -0.25) is 4.79 Å². The molecular weight excluding hydrogens is 248 g/mol. The van der Waals surface area contributed by atoms with Gasteiger partial charge in [-0.2, -0.15) is 0 Å². The van der Waals surface area contributed by atoms with Crippen LogP contribution in [-0.4, -0.2) is 27.7 Å². The van der Waals surface area contributed by atoms with E-state index in [1.807, 2.05) is 6.92 Å². The Hall–Kier alpha value is -2.63. The number of hydrogen-bond acceptors (Lipinski definition) is 4. The Labute approximate surface area is 108 Å². The van der Waals surface area contributed by atoms with Gasteiger partial charge in [-0.25, -0.2) is 9.78 Å². The largest absolute Gasteiger partial charge is 0.494 e. The van der Waals surface area contributed by atoms with Gasteiger partial charge in [-0.1, -0.05) is 0 Å². The van der Waals surface area contributed by atoms with Crippen LogP contribution >= 0.6 is 0 Å². The van der Waals surface area contributed by atoms with Crippen LogP contribution in [0.1, 0.15) is 17.5 Å². The summed E-state index contributed by atoms with van der Waals surface area (Å²) >= 11 is 0. The lowest BCUT2D eigenvalue weighted by atomic mass is 10.1. The summed E-state index contributed by atoms with van der Waals surface area (Å²) in [5, 5.41) is 8.84. The molecule has 19 heavy (non-hydrogen) atoms. The Morgan fingerprint density at radius 1 is 1.37 bits per heavy atom. The van der Waals surface area contributed by atoms with E-state index in [0.717, 1.165) is 0 Å². The number of H-pyrrole nitrogens is 1. The zero-order chi connectivity index (χ0) is 13.8. The van der Waals surface area contributed by atoms with Crippen LogP contribution in [0.3, 0.4) is 0 Å². The Morgan fingerprint density at radius 3 is 2.63 bits per heavy atom. The molecule has 2 rings (SSSR count). The standard InChI is InChI=1S/C13H12N2O4/c1-2-19-9-5-3-8(4-6-9)10-7-11(16)15-12(14-10)13(17)18/h3-7H,2H2,1H3,(H,17,18)(H,14,15,16). The maximum atomic E-state index is 11.4. The number of carboxylic acids is 1. The van der Waals surface area contributed by atoms with Gasteiger partial charge < -0.3 is 14.8 Å². The average molecular weight is 260 g/mol. The molecule has 6 heteroatoms. The van der Waals surface area contributed by atoms with Crippen molar-refractivity contribution in [3.05, 3.63) is 46.5 Å². The smallest absolute Gasteiger partial charge is 0.372 e. The van der Waals surface area contributed by atoms with Crippen LogP contribution in [0.2, 0.25) is 0 Å². The highest BCUT2D eigenvalue weighted by atomic mass is 16.5. The summed E-state index contributed by atoms with van der Waals surface area (Å²) in [5.74, 6) is -0.948. The molecule has 1 heterocycles. The lowest BCUT2D eigenvalue weighted by Gasteiger charge is -2.05. The second-order valence-electron chi connectivity index (χ2n) is 3.74. The number of aromatic nitrogens is 2. The molecule has 0 radical (unpaired) electrons. The van der Waals surface area contributed by atoms with Crippen LogP contribution in [0.5, 0.6) is 5.75 Å². The molecule has 1 aromatic carbocycles. The van der Waals surface area contributed by atoms with E-state index in [-0.39, 0.29) is 5.82 Å². The molecule has 2 N–H and O–H groups in total. The number of rotatable bonds is 4. The van der Waals surface area contributed by atoms with Gasteiger partial charge in [0.2, 0.25) is 5.82 Å². The lowest BCUT2D eigenvalue weighted by molar-refractivity contribution is 0.0683. The first-order chi connectivity index (χ1) is 9.10. The second-order valence-corrected chi connectivity index (χ2v) is 3.74. The van der Waals surface area contributed by atoms with Crippen molar-refractivity contribution in [3.63, 3.8) is 0 Å². The molecule has 0 aliphatic rings. The third-order valence-corrected chi connectivity index (χ3v) is 2.41. The third-order valence-electron chi connectivity index (χ3n) is 2.41. The number of nitrogens with one attached hydrogen (secondary N) is 1. The van der Waals surface area contributed by atoms with Crippen molar-refractivity contribution < 1.29 is 14.6 Å². The highest BCUT2D eigenvalue weighted by Gasteiger charge is 2.09. The Bertz CT molecular complexity index is 646. The lowest BCUT2D eigenvalue weighted by Crippen LogP contribution is -2.15. The molecule has 0 atom stereocenters. The number of nitrogens with zero attached hydrogens (tertiary/aromatic N) is 1. The number of benzene rings is 1. The molecule has 1 aromatic heterocycles. The van der Waals surface area contributed by atoms with Gasteiger partial charge in [0.05, 0.1) is 12.3 Å². The fraction of sp³-hybridized carbons (Fsp3) is 0.154. The topological polar surface area (TPSA) is 92.3 Å². The molecule has 0 aliphatic heterocycles. The number of hydrogen-bond donors (Lipinski definition) is 2. The molecule has 0 fully saturated rings.